The molecule has 0 saturated heterocycles. The topological polar surface area (TPSA) is 55.6 Å². The van der Waals surface area contributed by atoms with Crippen molar-refractivity contribution in [3.63, 3.8) is 0 Å². The predicted octanol–water partition coefficient (Wildman–Crippen LogP) is 2.15. The molecular weight excluding hydrogens is 296 g/mol. The summed E-state index contributed by atoms with van der Waals surface area (Å²) < 4.78 is 6.03. The fraction of sp³-hybridized carbons (Fsp3) is 0.462. The molecule has 0 aliphatic rings. The molecule has 0 spiro atoms. The zero-order valence-electron chi connectivity index (χ0n) is 11.2. The van der Waals surface area contributed by atoms with Gasteiger partial charge in [-0.2, -0.15) is 0 Å². The fourth-order valence-electron chi connectivity index (χ4n) is 1.65. The monoisotopic (exact) mass is 314 g/mol. The van der Waals surface area contributed by atoms with E-state index in [9.17, 15) is 4.79 Å². The molecule has 1 rings (SSSR count). The number of amides is 1. The van der Waals surface area contributed by atoms with Gasteiger partial charge < -0.3 is 15.4 Å². The van der Waals surface area contributed by atoms with E-state index in [0.717, 1.165) is 15.8 Å². The van der Waals surface area contributed by atoms with Crippen molar-refractivity contribution in [1.82, 2.24) is 4.90 Å². The number of nitrogens with zero attached hydrogens (tertiary/aromatic N) is 1. The summed E-state index contributed by atoms with van der Waals surface area (Å²) in [5.74, 6) is 0.682. The van der Waals surface area contributed by atoms with Crippen LogP contribution in [0.1, 0.15) is 19.4 Å². The van der Waals surface area contributed by atoms with Crippen molar-refractivity contribution in [2.75, 3.05) is 14.2 Å². The van der Waals surface area contributed by atoms with Crippen LogP contribution in [0.4, 0.5) is 0 Å². The Morgan fingerprint density at radius 3 is 2.56 bits per heavy atom. The lowest BCUT2D eigenvalue weighted by Crippen LogP contribution is -2.49. The number of carbonyl (C=O) groups is 1. The van der Waals surface area contributed by atoms with Crippen LogP contribution >= 0.6 is 15.9 Å². The van der Waals surface area contributed by atoms with Crippen molar-refractivity contribution in [1.29, 1.82) is 0 Å². The van der Waals surface area contributed by atoms with Crippen LogP contribution in [0, 0.1) is 0 Å². The van der Waals surface area contributed by atoms with Crippen LogP contribution in [0.15, 0.2) is 22.7 Å². The number of halogens is 1. The largest absolute Gasteiger partial charge is 0.496 e. The molecule has 1 aromatic carbocycles. The smallest absolute Gasteiger partial charge is 0.242 e. The average Bonchev–Trinajstić information content (AvgIpc) is 2.27. The first-order valence-electron chi connectivity index (χ1n) is 5.62. The molecule has 1 aromatic rings. The third-order valence-corrected chi connectivity index (χ3v) is 3.15. The van der Waals surface area contributed by atoms with Crippen LogP contribution in [0.5, 0.6) is 5.75 Å². The van der Waals surface area contributed by atoms with Crippen molar-refractivity contribution in [3.8, 4) is 5.75 Å². The minimum absolute atomic E-state index is 0.0885. The lowest BCUT2D eigenvalue weighted by Gasteiger charge is -2.26. The van der Waals surface area contributed by atoms with E-state index in [2.05, 4.69) is 15.9 Å². The van der Waals surface area contributed by atoms with Gasteiger partial charge in [-0.1, -0.05) is 6.07 Å². The SMILES string of the molecule is COc1ccc(CN(C)C(=O)C(C)(C)N)cc1Br. The maximum atomic E-state index is 11.9. The molecule has 1 amide bonds. The Labute approximate surface area is 116 Å². The third kappa shape index (κ3) is 3.71. The number of carbonyl (C=O) groups excluding carboxylic acids is 1. The first kappa shape index (κ1) is 15.0. The van der Waals surface area contributed by atoms with Gasteiger partial charge in [0.15, 0.2) is 0 Å². The minimum atomic E-state index is -0.849. The second-order valence-electron chi connectivity index (χ2n) is 4.85. The number of nitrogens with two attached hydrogens (primary N) is 1. The number of hydrogen-bond donors (Lipinski definition) is 1. The van der Waals surface area contributed by atoms with Crippen molar-refractivity contribution < 1.29 is 9.53 Å². The van der Waals surface area contributed by atoms with Gasteiger partial charge in [0.25, 0.3) is 0 Å². The van der Waals surface area contributed by atoms with E-state index in [1.807, 2.05) is 18.2 Å². The summed E-state index contributed by atoms with van der Waals surface area (Å²) in [5, 5.41) is 0. The fourth-order valence-corrected chi connectivity index (χ4v) is 2.23. The summed E-state index contributed by atoms with van der Waals surface area (Å²) >= 11 is 3.42. The van der Waals surface area contributed by atoms with E-state index in [0.29, 0.717) is 6.54 Å². The quantitative estimate of drug-likeness (QED) is 0.926. The second-order valence-corrected chi connectivity index (χ2v) is 5.71. The normalized spacial score (nSPS) is 11.2. The Balaban J connectivity index is 2.80. The molecule has 0 aliphatic heterocycles. The van der Waals surface area contributed by atoms with Gasteiger partial charge in [-0.15, -0.1) is 0 Å². The number of likely N-dealkylation sites (N-methyl/N-ethyl adjacent to an activating group) is 1. The molecule has 18 heavy (non-hydrogen) atoms. The Hall–Kier alpha value is -1.07. The van der Waals surface area contributed by atoms with E-state index in [1.165, 1.54) is 0 Å². The summed E-state index contributed by atoms with van der Waals surface area (Å²) in [6, 6.07) is 5.73. The maximum absolute atomic E-state index is 11.9. The van der Waals surface area contributed by atoms with E-state index < -0.39 is 5.54 Å². The van der Waals surface area contributed by atoms with Gasteiger partial charge in [-0.3, -0.25) is 4.79 Å². The highest BCUT2D eigenvalue weighted by molar-refractivity contribution is 9.10. The van der Waals surface area contributed by atoms with Crippen LogP contribution in [-0.4, -0.2) is 30.5 Å². The second kappa shape index (κ2) is 5.71. The molecule has 0 heterocycles. The molecule has 0 radical (unpaired) electrons. The van der Waals surface area contributed by atoms with Gasteiger partial charge in [0.2, 0.25) is 5.91 Å². The highest BCUT2D eigenvalue weighted by atomic mass is 79.9. The van der Waals surface area contributed by atoms with Crippen molar-refractivity contribution in [2.24, 2.45) is 5.73 Å². The highest BCUT2D eigenvalue weighted by Crippen LogP contribution is 2.26. The Kier molecular flexibility index (Phi) is 4.76. The van der Waals surface area contributed by atoms with Crippen LogP contribution < -0.4 is 10.5 Å². The van der Waals surface area contributed by atoms with E-state index >= 15 is 0 Å². The molecule has 5 heteroatoms. The number of methoxy groups -OCH3 is 1. The van der Waals surface area contributed by atoms with Gasteiger partial charge in [-0.25, -0.2) is 0 Å². The average molecular weight is 315 g/mol. The summed E-state index contributed by atoms with van der Waals surface area (Å²) in [7, 11) is 3.36. The Morgan fingerprint density at radius 1 is 1.50 bits per heavy atom. The number of hydrogen-bond acceptors (Lipinski definition) is 3. The standard InChI is InChI=1S/C13H19BrN2O2/c1-13(2,15)12(17)16(3)8-9-5-6-11(18-4)10(14)7-9/h5-7H,8,15H2,1-4H3. The summed E-state index contributed by atoms with van der Waals surface area (Å²) in [6.07, 6.45) is 0. The molecule has 0 aliphatic carbocycles. The van der Waals surface area contributed by atoms with Crippen LogP contribution in [0.2, 0.25) is 0 Å². The van der Waals surface area contributed by atoms with Crippen molar-refractivity contribution >= 4 is 21.8 Å². The van der Waals surface area contributed by atoms with Crippen LogP contribution in [-0.2, 0) is 11.3 Å². The zero-order valence-corrected chi connectivity index (χ0v) is 12.7. The lowest BCUT2D eigenvalue weighted by molar-refractivity contribution is -0.134. The summed E-state index contributed by atoms with van der Waals surface area (Å²) in [5.41, 5.74) is 5.96. The van der Waals surface area contributed by atoms with Crippen LogP contribution in [0.25, 0.3) is 0 Å². The Morgan fingerprint density at radius 2 is 2.11 bits per heavy atom. The van der Waals surface area contributed by atoms with E-state index in [4.69, 9.17) is 10.5 Å². The summed E-state index contributed by atoms with van der Waals surface area (Å²) in [4.78, 5) is 13.6. The molecule has 4 nitrogen and oxygen atoms in total. The van der Waals surface area contributed by atoms with Crippen molar-refractivity contribution in [2.45, 2.75) is 25.9 Å². The van der Waals surface area contributed by atoms with E-state index in [1.54, 1.807) is 32.9 Å². The zero-order chi connectivity index (χ0) is 13.9. The molecule has 0 bridgehead atoms. The maximum Gasteiger partial charge on any atom is 0.242 e. The van der Waals surface area contributed by atoms with Gasteiger partial charge >= 0.3 is 0 Å². The molecule has 100 valence electrons. The molecule has 0 atom stereocenters. The molecule has 0 unspecified atom stereocenters. The predicted molar refractivity (Wildman–Crippen MR) is 75.4 cm³/mol. The molecule has 2 N–H and O–H groups in total. The lowest BCUT2D eigenvalue weighted by atomic mass is 10.1. The molecular formula is C13H19BrN2O2. The number of rotatable bonds is 4. The van der Waals surface area contributed by atoms with Gasteiger partial charge in [0.1, 0.15) is 5.75 Å². The van der Waals surface area contributed by atoms with E-state index in [-0.39, 0.29) is 5.91 Å². The first-order valence-corrected chi connectivity index (χ1v) is 6.42. The highest BCUT2D eigenvalue weighted by Gasteiger charge is 2.25. The minimum Gasteiger partial charge on any atom is -0.496 e. The number of benzene rings is 1. The van der Waals surface area contributed by atoms with Gasteiger partial charge in [-0.05, 0) is 47.5 Å². The Bertz CT molecular complexity index is 441. The van der Waals surface area contributed by atoms with Crippen molar-refractivity contribution in [3.05, 3.63) is 28.2 Å². The third-order valence-electron chi connectivity index (χ3n) is 2.53. The van der Waals surface area contributed by atoms with Gasteiger partial charge in [0.05, 0.1) is 17.1 Å². The molecule has 0 saturated carbocycles. The molecule has 0 aromatic heterocycles. The molecule has 0 fully saturated rings. The summed E-state index contributed by atoms with van der Waals surface area (Å²) in [6.45, 7) is 3.92. The van der Waals surface area contributed by atoms with Crippen LogP contribution in [0.3, 0.4) is 0 Å². The van der Waals surface area contributed by atoms with Gasteiger partial charge in [0, 0.05) is 13.6 Å². The number of ether oxygens (including phenoxy) is 1. The first-order chi connectivity index (χ1) is 8.25.